The lowest BCUT2D eigenvalue weighted by atomic mass is 9.32. The largest absolute Gasteiger partial charge is 0.303 e. The van der Waals surface area contributed by atoms with Gasteiger partial charge in [-0.1, -0.05) is 27.2 Å². The van der Waals surface area contributed by atoms with Crippen molar-refractivity contribution in [1.82, 2.24) is 0 Å². The van der Waals surface area contributed by atoms with Crippen LogP contribution in [0.5, 0.6) is 0 Å². The Kier molecular flexibility index (Phi) is 1.97. The van der Waals surface area contributed by atoms with E-state index in [0.29, 0.717) is 22.2 Å². The molecule has 4 unspecified atom stereocenters. The zero-order valence-electron chi connectivity index (χ0n) is 10.9. The fourth-order valence-electron chi connectivity index (χ4n) is 5.81. The Morgan fingerprint density at radius 2 is 1.88 bits per heavy atom. The molecule has 0 aromatic rings. The summed E-state index contributed by atoms with van der Waals surface area (Å²) in [5.41, 5.74) is 1.25. The maximum atomic E-state index is 11.5. The molecular weight excluding hydrogens is 196 g/mol. The average Bonchev–Trinajstić information content (AvgIpc) is 2.15. The van der Waals surface area contributed by atoms with E-state index in [1.165, 1.54) is 44.8 Å². The molecule has 0 aromatic heterocycles. The highest BCUT2D eigenvalue weighted by molar-refractivity contribution is 5.60. The maximum Gasteiger partial charge on any atom is 0.124 e. The first kappa shape index (κ1) is 10.8. The number of rotatable bonds is 1. The molecule has 0 amide bonds. The van der Waals surface area contributed by atoms with Gasteiger partial charge in [0.15, 0.2) is 0 Å². The van der Waals surface area contributed by atoms with Crippen LogP contribution in [0.1, 0.15) is 59.3 Å². The molecule has 4 saturated carbocycles. The highest BCUT2D eigenvalue weighted by Gasteiger charge is 2.69. The zero-order chi connectivity index (χ0) is 11.6. The fourth-order valence-corrected chi connectivity index (χ4v) is 5.81. The molecule has 0 aliphatic heterocycles. The molecule has 4 aliphatic carbocycles. The van der Waals surface area contributed by atoms with E-state index in [1.807, 2.05) is 0 Å². The Balaban J connectivity index is 1.99. The van der Waals surface area contributed by atoms with Crippen LogP contribution >= 0.6 is 0 Å². The lowest BCUT2D eigenvalue weighted by molar-refractivity contribution is -0.231. The second-order valence-corrected chi connectivity index (χ2v) is 7.61. The molecule has 0 heterocycles. The maximum absolute atomic E-state index is 11.5. The summed E-state index contributed by atoms with van der Waals surface area (Å²) in [5.74, 6) is 1.18. The van der Waals surface area contributed by atoms with Crippen LogP contribution in [0.3, 0.4) is 0 Å². The van der Waals surface area contributed by atoms with Crippen LogP contribution in [0.4, 0.5) is 0 Å². The van der Waals surface area contributed by atoms with Crippen LogP contribution in [-0.2, 0) is 4.79 Å². The van der Waals surface area contributed by atoms with Gasteiger partial charge in [-0.15, -0.1) is 0 Å². The van der Waals surface area contributed by atoms with E-state index < -0.39 is 0 Å². The summed E-state index contributed by atoms with van der Waals surface area (Å²) < 4.78 is 0. The van der Waals surface area contributed by atoms with Gasteiger partial charge in [-0.05, 0) is 54.3 Å². The highest BCUT2D eigenvalue weighted by Crippen LogP contribution is 2.75. The minimum Gasteiger partial charge on any atom is -0.303 e. The predicted octanol–water partition coefficient (Wildman–Crippen LogP) is 3.82. The van der Waals surface area contributed by atoms with Crippen LogP contribution < -0.4 is 0 Å². The normalized spacial score (nSPS) is 53.7. The van der Waals surface area contributed by atoms with Gasteiger partial charge in [-0.2, -0.15) is 0 Å². The number of hydrogen-bond acceptors (Lipinski definition) is 1. The lowest BCUT2D eigenvalue weighted by Gasteiger charge is -2.72. The molecule has 1 spiro atoms. The molecule has 4 atom stereocenters. The first-order valence-corrected chi connectivity index (χ1v) is 6.90. The van der Waals surface area contributed by atoms with Crippen LogP contribution in [0.2, 0.25) is 0 Å². The first-order valence-electron chi connectivity index (χ1n) is 6.90. The van der Waals surface area contributed by atoms with Gasteiger partial charge in [-0.3, -0.25) is 0 Å². The molecule has 4 aliphatic rings. The summed E-state index contributed by atoms with van der Waals surface area (Å²) in [6.45, 7) is 7.21. The minimum absolute atomic E-state index is 0.367. The lowest BCUT2D eigenvalue weighted by Crippen LogP contribution is -2.66. The Morgan fingerprint density at radius 1 is 1.12 bits per heavy atom. The van der Waals surface area contributed by atoms with Crippen molar-refractivity contribution in [2.24, 2.45) is 28.1 Å². The molecule has 1 nitrogen and oxygen atoms in total. The van der Waals surface area contributed by atoms with Crippen molar-refractivity contribution in [1.29, 1.82) is 0 Å². The van der Waals surface area contributed by atoms with Crippen molar-refractivity contribution in [2.75, 3.05) is 0 Å². The summed E-state index contributed by atoms with van der Waals surface area (Å²) in [6, 6.07) is 0. The summed E-state index contributed by atoms with van der Waals surface area (Å²) >= 11 is 0. The van der Waals surface area contributed by atoms with Gasteiger partial charge in [0.1, 0.15) is 6.29 Å². The van der Waals surface area contributed by atoms with Crippen molar-refractivity contribution in [2.45, 2.75) is 59.3 Å². The zero-order valence-corrected chi connectivity index (χ0v) is 10.9. The molecule has 0 N–H and O–H groups in total. The number of fused-ring (bicyclic) bond motifs is 1. The van der Waals surface area contributed by atoms with Gasteiger partial charge >= 0.3 is 0 Å². The van der Waals surface area contributed by atoms with E-state index in [0.717, 1.165) is 5.92 Å². The summed E-state index contributed by atoms with van der Waals surface area (Å²) in [7, 11) is 0. The smallest absolute Gasteiger partial charge is 0.124 e. The number of aldehydes is 1. The fraction of sp³-hybridized carbons (Fsp3) is 0.933. The first-order chi connectivity index (χ1) is 7.45. The molecule has 0 radical (unpaired) electrons. The van der Waals surface area contributed by atoms with E-state index in [1.54, 1.807) is 0 Å². The number of carbonyl (C=O) groups excluding carboxylic acids is 1. The molecule has 0 aromatic carbocycles. The molecule has 1 heteroatoms. The molecule has 2 bridgehead atoms. The van der Waals surface area contributed by atoms with Crippen LogP contribution in [-0.4, -0.2) is 6.29 Å². The third kappa shape index (κ3) is 1.05. The van der Waals surface area contributed by atoms with Gasteiger partial charge in [-0.25, -0.2) is 0 Å². The molecule has 4 rings (SSSR count). The molecule has 16 heavy (non-hydrogen) atoms. The standard InChI is InChI=1S/C15H24O/c1-13(2)6-4-7-15-10-14(3,12(15)9-16)8-5-11(13)15/h9,11-12H,4-8,10H2,1-3H3. The van der Waals surface area contributed by atoms with Crippen molar-refractivity contribution in [3.8, 4) is 0 Å². The summed E-state index contributed by atoms with van der Waals surface area (Å²) in [5, 5.41) is 0. The Bertz CT molecular complexity index is 332. The van der Waals surface area contributed by atoms with Crippen molar-refractivity contribution < 1.29 is 4.79 Å². The van der Waals surface area contributed by atoms with E-state index in [4.69, 9.17) is 0 Å². The van der Waals surface area contributed by atoms with E-state index >= 15 is 0 Å². The van der Waals surface area contributed by atoms with E-state index in [-0.39, 0.29) is 0 Å². The van der Waals surface area contributed by atoms with Gasteiger partial charge in [0.2, 0.25) is 0 Å². The third-order valence-corrected chi connectivity index (χ3v) is 6.34. The summed E-state index contributed by atoms with van der Waals surface area (Å²) in [4.78, 5) is 11.5. The number of carbonyl (C=O) groups is 1. The van der Waals surface area contributed by atoms with Gasteiger partial charge < -0.3 is 4.79 Å². The molecule has 90 valence electrons. The van der Waals surface area contributed by atoms with Gasteiger partial charge in [0.25, 0.3) is 0 Å². The topological polar surface area (TPSA) is 17.1 Å². The second-order valence-electron chi connectivity index (χ2n) is 7.61. The average molecular weight is 220 g/mol. The van der Waals surface area contributed by atoms with Crippen molar-refractivity contribution in [3.05, 3.63) is 0 Å². The molecule has 0 saturated heterocycles. The van der Waals surface area contributed by atoms with E-state index in [2.05, 4.69) is 20.8 Å². The quantitative estimate of drug-likeness (QED) is 0.614. The Hall–Kier alpha value is -0.330. The van der Waals surface area contributed by atoms with Gasteiger partial charge in [0, 0.05) is 5.92 Å². The Morgan fingerprint density at radius 3 is 2.56 bits per heavy atom. The number of hydrogen-bond donors (Lipinski definition) is 0. The third-order valence-electron chi connectivity index (χ3n) is 6.34. The predicted molar refractivity (Wildman–Crippen MR) is 65.1 cm³/mol. The monoisotopic (exact) mass is 220 g/mol. The van der Waals surface area contributed by atoms with Gasteiger partial charge in [0.05, 0.1) is 0 Å². The summed E-state index contributed by atoms with van der Waals surface area (Å²) in [6.07, 6.45) is 9.31. The van der Waals surface area contributed by atoms with Crippen molar-refractivity contribution >= 4 is 6.29 Å². The van der Waals surface area contributed by atoms with Crippen LogP contribution in [0.15, 0.2) is 0 Å². The molecule has 4 fully saturated rings. The highest BCUT2D eigenvalue weighted by atomic mass is 16.1. The van der Waals surface area contributed by atoms with E-state index in [9.17, 15) is 4.79 Å². The van der Waals surface area contributed by atoms with Crippen molar-refractivity contribution in [3.63, 3.8) is 0 Å². The SMILES string of the molecule is CC1(C)CCCC23CC(C)(CCC12)C3C=O. The van der Waals surface area contributed by atoms with Crippen LogP contribution in [0.25, 0.3) is 0 Å². The Labute approximate surface area is 99.0 Å². The minimum atomic E-state index is 0.367. The van der Waals surface area contributed by atoms with Crippen LogP contribution in [0, 0.1) is 28.1 Å². The molecular formula is C15H24O. The second kappa shape index (κ2) is 2.91.